The Kier molecular flexibility index (Phi) is 10.6. The van der Waals surface area contributed by atoms with Crippen LogP contribution in [0.25, 0.3) is 0 Å². The third kappa shape index (κ3) is 7.14. The van der Waals surface area contributed by atoms with E-state index in [2.05, 4.69) is 0 Å². The molecule has 186 valence electrons. The molecule has 0 unspecified atom stereocenters. The van der Waals surface area contributed by atoms with Gasteiger partial charge in [-0.25, -0.2) is 0 Å². The van der Waals surface area contributed by atoms with Gasteiger partial charge in [0.25, 0.3) is 0 Å². The van der Waals surface area contributed by atoms with Gasteiger partial charge >= 0.3 is 0 Å². The molecule has 0 radical (unpaired) electrons. The third-order valence-corrected chi connectivity index (χ3v) is 9.01. The van der Waals surface area contributed by atoms with Gasteiger partial charge in [0, 0.05) is 40.7 Å². The van der Waals surface area contributed by atoms with E-state index in [0.29, 0.717) is 12.2 Å². The fourth-order valence-electron chi connectivity index (χ4n) is 5.09. The van der Waals surface area contributed by atoms with Gasteiger partial charge in [0.2, 0.25) is 0 Å². The van der Waals surface area contributed by atoms with Crippen molar-refractivity contribution in [2.45, 2.75) is 77.6 Å². The van der Waals surface area contributed by atoms with Gasteiger partial charge < -0.3 is 15.3 Å². The standard InChI is InChI=1S/C27H42O5S/c1-15-12-16(2)25(30)20(6)27(32)18(4)23(28)13-21(14-33-22-10-8-7-9-11-22)17(3)26(31)19(5)24(15)29/h7-11,15-21,25-27,30-32H,12-14H2,1-6H3/t15-,16+,17+,18+,19+,20-,21-,25+,26+,27-/m1/s1. The smallest absolute Gasteiger partial charge is 0.141 e. The maximum Gasteiger partial charge on any atom is 0.141 e. The van der Waals surface area contributed by atoms with Crippen LogP contribution in [0.1, 0.15) is 54.4 Å². The molecular formula is C27H42O5S. The summed E-state index contributed by atoms with van der Waals surface area (Å²) in [5.41, 5.74) is 0. The Balaban J connectivity index is 2.34. The number of aliphatic hydroxyl groups excluding tert-OH is 3. The molecule has 0 saturated heterocycles. The minimum Gasteiger partial charge on any atom is -0.392 e. The van der Waals surface area contributed by atoms with Crippen LogP contribution in [-0.2, 0) is 9.59 Å². The van der Waals surface area contributed by atoms with Crippen molar-refractivity contribution in [3.63, 3.8) is 0 Å². The molecule has 6 heteroatoms. The summed E-state index contributed by atoms with van der Waals surface area (Å²) in [6, 6.07) is 9.92. The fourth-order valence-corrected chi connectivity index (χ4v) is 6.27. The topological polar surface area (TPSA) is 94.8 Å². The molecule has 1 saturated carbocycles. The summed E-state index contributed by atoms with van der Waals surface area (Å²) in [7, 11) is 0. The molecule has 0 amide bonds. The minimum absolute atomic E-state index is 0.0205. The Labute approximate surface area is 203 Å². The molecule has 5 nitrogen and oxygen atoms in total. The molecule has 2 rings (SSSR count). The zero-order chi connectivity index (χ0) is 24.9. The lowest BCUT2D eigenvalue weighted by atomic mass is 9.73. The maximum absolute atomic E-state index is 13.2. The first-order valence-corrected chi connectivity index (χ1v) is 13.2. The highest BCUT2D eigenvalue weighted by Gasteiger charge is 2.39. The van der Waals surface area contributed by atoms with Crippen LogP contribution in [0.4, 0.5) is 0 Å². The Bertz CT molecular complexity index is 769. The Hall–Kier alpha value is -1.21. The van der Waals surface area contributed by atoms with Crippen molar-refractivity contribution >= 4 is 23.3 Å². The average molecular weight is 479 g/mol. The Morgan fingerprint density at radius 1 is 0.818 bits per heavy atom. The van der Waals surface area contributed by atoms with E-state index < -0.39 is 36.1 Å². The second kappa shape index (κ2) is 12.5. The molecule has 1 aromatic carbocycles. The SMILES string of the molecule is C[C@@H]1[C@@H](O)[C@@H](C)C[C@@H](C)C(=O)[C@H](C)[C@@H](O)[C@@H](C)[C@@H](CSc2ccccc2)CC(=O)[C@H](C)[C@H]1O. The summed E-state index contributed by atoms with van der Waals surface area (Å²) in [5.74, 6) is -2.06. The number of carbonyl (C=O) groups is 2. The number of carbonyl (C=O) groups excluding carboxylic acids is 2. The minimum atomic E-state index is -0.967. The van der Waals surface area contributed by atoms with E-state index in [1.807, 2.05) is 51.1 Å². The summed E-state index contributed by atoms with van der Waals surface area (Å²) >= 11 is 1.63. The van der Waals surface area contributed by atoms with E-state index in [-0.39, 0.29) is 41.7 Å². The van der Waals surface area contributed by atoms with Crippen molar-refractivity contribution in [2.24, 2.45) is 41.4 Å². The molecule has 1 aliphatic rings. The molecule has 0 bridgehead atoms. The van der Waals surface area contributed by atoms with Gasteiger partial charge in [-0.1, -0.05) is 59.7 Å². The van der Waals surface area contributed by atoms with Gasteiger partial charge in [-0.3, -0.25) is 9.59 Å². The number of Topliss-reactive ketones (excluding diaryl/α,β-unsaturated/α-hetero) is 2. The predicted molar refractivity (Wildman–Crippen MR) is 133 cm³/mol. The average Bonchev–Trinajstić information content (AvgIpc) is 2.82. The number of hydrogen-bond donors (Lipinski definition) is 3. The summed E-state index contributed by atoms with van der Waals surface area (Å²) in [5, 5.41) is 32.8. The van der Waals surface area contributed by atoms with Gasteiger partial charge in [-0.05, 0) is 36.3 Å². The highest BCUT2D eigenvalue weighted by molar-refractivity contribution is 7.99. The fraction of sp³-hybridized carbons (Fsp3) is 0.704. The predicted octanol–water partition coefficient (Wildman–Crippen LogP) is 4.23. The van der Waals surface area contributed by atoms with Crippen LogP contribution in [0.2, 0.25) is 0 Å². The van der Waals surface area contributed by atoms with E-state index in [1.165, 1.54) is 0 Å². The Morgan fingerprint density at radius 3 is 2.00 bits per heavy atom. The normalized spacial score (nSPS) is 39.8. The van der Waals surface area contributed by atoms with Crippen LogP contribution < -0.4 is 0 Å². The van der Waals surface area contributed by atoms with Crippen LogP contribution >= 0.6 is 11.8 Å². The van der Waals surface area contributed by atoms with E-state index in [0.717, 1.165) is 4.90 Å². The number of thioether (sulfide) groups is 1. The van der Waals surface area contributed by atoms with Gasteiger partial charge in [-0.2, -0.15) is 0 Å². The van der Waals surface area contributed by atoms with Crippen molar-refractivity contribution in [1.29, 1.82) is 0 Å². The van der Waals surface area contributed by atoms with Crippen molar-refractivity contribution in [3.8, 4) is 0 Å². The zero-order valence-corrected chi connectivity index (χ0v) is 21.7. The molecule has 1 aromatic rings. The van der Waals surface area contributed by atoms with Crippen LogP contribution in [-0.4, -0.2) is 51.0 Å². The van der Waals surface area contributed by atoms with Crippen LogP contribution in [0.3, 0.4) is 0 Å². The molecule has 0 heterocycles. The van der Waals surface area contributed by atoms with E-state index >= 15 is 0 Å². The second-order valence-electron chi connectivity index (χ2n) is 10.3. The van der Waals surface area contributed by atoms with Crippen LogP contribution in [0.5, 0.6) is 0 Å². The van der Waals surface area contributed by atoms with Crippen molar-refractivity contribution < 1.29 is 24.9 Å². The zero-order valence-electron chi connectivity index (χ0n) is 20.8. The molecular weight excluding hydrogens is 436 g/mol. The van der Waals surface area contributed by atoms with E-state index in [9.17, 15) is 24.9 Å². The van der Waals surface area contributed by atoms with Gasteiger partial charge in [-0.15, -0.1) is 11.8 Å². The molecule has 3 N–H and O–H groups in total. The maximum atomic E-state index is 13.2. The quantitative estimate of drug-likeness (QED) is 0.563. The molecule has 33 heavy (non-hydrogen) atoms. The Morgan fingerprint density at radius 2 is 1.39 bits per heavy atom. The molecule has 0 aliphatic heterocycles. The van der Waals surface area contributed by atoms with Gasteiger partial charge in [0.05, 0.1) is 18.3 Å². The summed E-state index contributed by atoms with van der Waals surface area (Å²) in [6.45, 7) is 10.9. The first-order valence-electron chi connectivity index (χ1n) is 12.2. The lowest BCUT2D eigenvalue weighted by Crippen LogP contribution is -2.43. The van der Waals surface area contributed by atoms with Crippen LogP contribution in [0, 0.1) is 41.4 Å². The molecule has 0 spiro atoms. The number of hydrogen-bond acceptors (Lipinski definition) is 6. The highest BCUT2D eigenvalue weighted by atomic mass is 32.2. The van der Waals surface area contributed by atoms with Crippen molar-refractivity contribution in [1.82, 2.24) is 0 Å². The van der Waals surface area contributed by atoms with Crippen LogP contribution in [0.15, 0.2) is 35.2 Å². The van der Waals surface area contributed by atoms with Gasteiger partial charge in [0.1, 0.15) is 11.6 Å². The lowest BCUT2D eigenvalue weighted by Gasteiger charge is -2.36. The summed E-state index contributed by atoms with van der Waals surface area (Å²) in [6.07, 6.45) is -1.97. The monoisotopic (exact) mass is 478 g/mol. The third-order valence-electron chi connectivity index (χ3n) is 7.81. The summed E-state index contributed by atoms with van der Waals surface area (Å²) < 4.78 is 0. The van der Waals surface area contributed by atoms with Gasteiger partial charge in [0.15, 0.2) is 0 Å². The number of benzene rings is 1. The molecule has 10 atom stereocenters. The van der Waals surface area contributed by atoms with Crippen molar-refractivity contribution in [2.75, 3.05) is 5.75 Å². The second-order valence-corrected chi connectivity index (χ2v) is 11.4. The van der Waals surface area contributed by atoms with Crippen molar-refractivity contribution in [3.05, 3.63) is 30.3 Å². The molecule has 1 fully saturated rings. The summed E-state index contributed by atoms with van der Waals surface area (Å²) in [4.78, 5) is 27.4. The first kappa shape index (κ1) is 28.0. The lowest BCUT2D eigenvalue weighted by molar-refractivity contribution is -0.134. The molecule has 1 aliphatic carbocycles. The van der Waals surface area contributed by atoms with E-state index in [4.69, 9.17) is 0 Å². The number of aliphatic hydroxyl groups is 3. The largest absolute Gasteiger partial charge is 0.392 e. The van der Waals surface area contributed by atoms with E-state index in [1.54, 1.807) is 32.5 Å². The first-order chi connectivity index (χ1) is 15.5. The number of ketones is 2. The molecule has 0 aromatic heterocycles. The number of rotatable bonds is 3. The highest BCUT2D eigenvalue weighted by Crippen LogP contribution is 2.34.